The number of hydrogen-bond acceptors (Lipinski definition) is 3. The number of hydroxylamine groups is 2. The van der Waals surface area contributed by atoms with Crippen LogP contribution in [0.1, 0.15) is 41.6 Å². The molecular weight excluding hydrogens is 286 g/mol. The molecule has 1 unspecified atom stereocenters. The fraction of sp³-hybridized carbons (Fsp3) is 0.350. The van der Waals surface area contributed by atoms with Crippen molar-refractivity contribution in [3.8, 4) is 0 Å². The van der Waals surface area contributed by atoms with Gasteiger partial charge in [-0.25, -0.2) is 4.79 Å². The first kappa shape index (κ1) is 15.8. The van der Waals surface area contributed by atoms with Crippen molar-refractivity contribution in [3.05, 3.63) is 71.8 Å². The van der Waals surface area contributed by atoms with E-state index in [1.54, 1.807) is 12.1 Å². The molecule has 0 aliphatic carbocycles. The number of carbonyl (C=O) groups excluding carboxylic acids is 1. The molecule has 0 spiro atoms. The smallest absolute Gasteiger partial charge is 0.357 e. The van der Waals surface area contributed by atoms with Crippen LogP contribution in [-0.4, -0.2) is 23.6 Å². The molecule has 2 aromatic rings. The average molecular weight is 309 g/mol. The van der Waals surface area contributed by atoms with E-state index >= 15 is 0 Å². The van der Waals surface area contributed by atoms with E-state index in [2.05, 4.69) is 24.3 Å². The van der Waals surface area contributed by atoms with E-state index in [9.17, 15) is 4.79 Å². The molecule has 23 heavy (non-hydrogen) atoms. The number of nitrogens with zero attached hydrogens (tertiary/aromatic N) is 1. The van der Waals surface area contributed by atoms with Crippen LogP contribution < -0.4 is 0 Å². The van der Waals surface area contributed by atoms with Crippen molar-refractivity contribution in [1.29, 1.82) is 0 Å². The first-order valence-corrected chi connectivity index (χ1v) is 8.41. The standard InChI is InChI=1S/C20H23NO2/c22-20(18-11-5-2-6-12-18)23-21-16-8-7-13-19(21)15-14-17-9-3-1-4-10-17/h1-6,9-12,19H,7-8,13-16H2. The zero-order valence-electron chi connectivity index (χ0n) is 13.4. The van der Waals surface area contributed by atoms with Crippen LogP contribution in [0.2, 0.25) is 0 Å². The molecular formula is C20H23NO2. The van der Waals surface area contributed by atoms with E-state index in [0.29, 0.717) is 11.6 Å². The molecule has 120 valence electrons. The van der Waals surface area contributed by atoms with Crippen molar-refractivity contribution in [1.82, 2.24) is 5.06 Å². The van der Waals surface area contributed by atoms with E-state index in [1.165, 1.54) is 12.0 Å². The molecule has 0 bridgehead atoms. The van der Waals surface area contributed by atoms with Gasteiger partial charge in [0, 0.05) is 12.6 Å². The SMILES string of the molecule is O=C(ON1CCCCC1CCc1ccccc1)c1ccccc1. The Kier molecular flexibility index (Phi) is 5.43. The van der Waals surface area contributed by atoms with Crippen molar-refractivity contribution in [2.45, 2.75) is 38.1 Å². The van der Waals surface area contributed by atoms with Crippen molar-refractivity contribution in [3.63, 3.8) is 0 Å². The summed E-state index contributed by atoms with van der Waals surface area (Å²) in [5, 5.41) is 1.90. The van der Waals surface area contributed by atoms with Gasteiger partial charge in [-0.1, -0.05) is 55.0 Å². The largest absolute Gasteiger partial charge is 0.364 e. The van der Waals surface area contributed by atoms with E-state index in [1.807, 2.05) is 29.3 Å². The van der Waals surface area contributed by atoms with E-state index < -0.39 is 0 Å². The Morgan fingerprint density at radius 1 is 1.00 bits per heavy atom. The summed E-state index contributed by atoms with van der Waals surface area (Å²) < 4.78 is 0. The van der Waals surface area contributed by atoms with Crippen LogP contribution in [0.4, 0.5) is 0 Å². The lowest BCUT2D eigenvalue weighted by Gasteiger charge is -2.33. The topological polar surface area (TPSA) is 29.5 Å². The van der Waals surface area contributed by atoms with Crippen molar-refractivity contribution >= 4 is 5.97 Å². The van der Waals surface area contributed by atoms with Crippen molar-refractivity contribution in [2.75, 3.05) is 6.54 Å². The third-order valence-corrected chi connectivity index (χ3v) is 4.39. The Bertz CT molecular complexity index is 612. The minimum atomic E-state index is -0.253. The van der Waals surface area contributed by atoms with Gasteiger partial charge in [-0.15, -0.1) is 5.06 Å². The first-order chi connectivity index (χ1) is 11.3. The van der Waals surface area contributed by atoms with Gasteiger partial charge in [0.15, 0.2) is 0 Å². The highest BCUT2D eigenvalue weighted by atomic mass is 16.7. The van der Waals surface area contributed by atoms with Crippen LogP contribution >= 0.6 is 0 Å². The molecule has 3 rings (SSSR count). The maximum atomic E-state index is 12.3. The Labute approximate surface area is 137 Å². The fourth-order valence-corrected chi connectivity index (χ4v) is 3.09. The zero-order chi connectivity index (χ0) is 15.9. The molecule has 0 aromatic heterocycles. The molecule has 1 fully saturated rings. The Hall–Kier alpha value is -2.13. The minimum Gasteiger partial charge on any atom is -0.364 e. The molecule has 1 aliphatic rings. The molecule has 3 heteroatoms. The predicted octanol–water partition coefficient (Wildman–Crippen LogP) is 4.25. The Morgan fingerprint density at radius 3 is 2.43 bits per heavy atom. The fourth-order valence-electron chi connectivity index (χ4n) is 3.09. The Morgan fingerprint density at radius 2 is 1.70 bits per heavy atom. The number of benzene rings is 2. The molecule has 1 atom stereocenters. The van der Waals surface area contributed by atoms with Gasteiger partial charge in [0.2, 0.25) is 0 Å². The molecule has 3 nitrogen and oxygen atoms in total. The highest BCUT2D eigenvalue weighted by Crippen LogP contribution is 2.22. The summed E-state index contributed by atoms with van der Waals surface area (Å²) in [6.07, 6.45) is 5.43. The second-order valence-electron chi connectivity index (χ2n) is 6.06. The summed E-state index contributed by atoms with van der Waals surface area (Å²) in [7, 11) is 0. The summed E-state index contributed by atoms with van der Waals surface area (Å²) in [5.41, 5.74) is 1.95. The van der Waals surface area contributed by atoms with Crippen molar-refractivity contribution < 1.29 is 9.63 Å². The van der Waals surface area contributed by atoms with Gasteiger partial charge in [0.25, 0.3) is 0 Å². The molecule has 0 N–H and O–H groups in total. The van der Waals surface area contributed by atoms with Crippen LogP contribution in [0.3, 0.4) is 0 Å². The number of piperidine rings is 1. The van der Waals surface area contributed by atoms with Gasteiger partial charge in [-0.2, -0.15) is 0 Å². The van der Waals surface area contributed by atoms with Crippen LogP contribution in [0.5, 0.6) is 0 Å². The monoisotopic (exact) mass is 309 g/mol. The van der Waals surface area contributed by atoms with Crippen LogP contribution in [0.15, 0.2) is 60.7 Å². The third kappa shape index (κ3) is 4.42. The lowest BCUT2D eigenvalue weighted by molar-refractivity contribution is -0.152. The minimum absolute atomic E-state index is 0.253. The van der Waals surface area contributed by atoms with E-state index in [4.69, 9.17) is 4.84 Å². The summed E-state index contributed by atoms with van der Waals surface area (Å²) >= 11 is 0. The van der Waals surface area contributed by atoms with Crippen LogP contribution in [-0.2, 0) is 11.3 Å². The van der Waals surface area contributed by atoms with Gasteiger partial charge >= 0.3 is 5.97 Å². The third-order valence-electron chi connectivity index (χ3n) is 4.39. The number of aryl methyl sites for hydroxylation is 1. The highest BCUT2D eigenvalue weighted by Gasteiger charge is 2.26. The molecule has 2 aromatic carbocycles. The Balaban J connectivity index is 1.59. The summed E-state index contributed by atoms with van der Waals surface area (Å²) in [6.45, 7) is 0.831. The highest BCUT2D eigenvalue weighted by molar-refractivity contribution is 5.89. The van der Waals surface area contributed by atoms with Gasteiger partial charge < -0.3 is 4.84 Å². The molecule has 1 aliphatic heterocycles. The van der Waals surface area contributed by atoms with Gasteiger partial charge in [-0.3, -0.25) is 0 Å². The van der Waals surface area contributed by atoms with E-state index in [-0.39, 0.29) is 5.97 Å². The summed E-state index contributed by atoms with van der Waals surface area (Å²) in [6, 6.07) is 20.0. The molecule has 0 radical (unpaired) electrons. The lowest BCUT2D eigenvalue weighted by atomic mass is 9.97. The van der Waals surface area contributed by atoms with Crippen LogP contribution in [0.25, 0.3) is 0 Å². The predicted molar refractivity (Wildman–Crippen MR) is 91.0 cm³/mol. The van der Waals surface area contributed by atoms with E-state index in [0.717, 1.165) is 32.2 Å². The van der Waals surface area contributed by atoms with Crippen LogP contribution in [0, 0.1) is 0 Å². The van der Waals surface area contributed by atoms with Gasteiger partial charge in [0.1, 0.15) is 0 Å². The maximum absolute atomic E-state index is 12.3. The second kappa shape index (κ2) is 7.93. The number of hydrogen-bond donors (Lipinski definition) is 0. The number of rotatable bonds is 5. The molecule has 1 heterocycles. The van der Waals surface area contributed by atoms with Gasteiger partial charge in [0.05, 0.1) is 5.56 Å². The second-order valence-corrected chi connectivity index (χ2v) is 6.06. The molecule has 1 saturated heterocycles. The normalized spacial score (nSPS) is 18.5. The average Bonchev–Trinajstić information content (AvgIpc) is 2.62. The summed E-state index contributed by atoms with van der Waals surface area (Å²) in [5.74, 6) is -0.253. The van der Waals surface area contributed by atoms with Gasteiger partial charge in [-0.05, 0) is 43.4 Å². The summed E-state index contributed by atoms with van der Waals surface area (Å²) in [4.78, 5) is 17.9. The zero-order valence-corrected chi connectivity index (χ0v) is 13.4. The van der Waals surface area contributed by atoms with Crippen molar-refractivity contribution in [2.24, 2.45) is 0 Å². The first-order valence-electron chi connectivity index (χ1n) is 8.41. The molecule has 0 saturated carbocycles. The lowest BCUT2D eigenvalue weighted by Crippen LogP contribution is -2.41. The quantitative estimate of drug-likeness (QED) is 0.827. The number of carbonyl (C=O) groups is 1. The maximum Gasteiger partial charge on any atom is 0.357 e. The molecule has 0 amide bonds.